The quantitative estimate of drug-likeness (QED) is 0.565. The zero-order valence-corrected chi connectivity index (χ0v) is 17.0. The Morgan fingerprint density at radius 2 is 1.87 bits per heavy atom. The van der Waals surface area contributed by atoms with Crippen molar-refractivity contribution >= 4 is 34.7 Å². The zero-order valence-electron chi connectivity index (χ0n) is 16.2. The minimum absolute atomic E-state index is 0.0555. The van der Waals surface area contributed by atoms with E-state index in [9.17, 15) is 27.2 Å². The van der Waals surface area contributed by atoms with E-state index in [0.29, 0.717) is 16.8 Å². The Bertz CT molecular complexity index is 1130. The molecule has 0 spiro atoms. The first-order valence-electron chi connectivity index (χ1n) is 8.76. The van der Waals surface area contributed by atoms with Crippen LogP contribution in [0.15, 0.2) is 30.6 Å². The summed E-state index contributed by atoms with van der Waals surface area (Å²) in [6.45, 7) is 2.84. The molecule has 2 heterocycles. The van der Waals surface area contributed by atoms with Crippen molar-refractivity contribution in [2.24, 2.45) is 0 Å². The Morgan fingerprint density at radius 1 is 1.13 bits per heavy atom. The first-order valence-corrected chi connectivity index (χ1v) is 9.53. The molecule has 0 unspecified atom stereocenters. The van der Waals surface area contributed by atoms with Crippen molar-refractivity contribution in [2.45, 2.75) is 26.4 Å². The van der Waals surface area contributed by atoms with Crippen molar-refractivity contribution in [1.82, 2.24) is 14.3 Å². The maximum atomic E-state index is 13.8. The number of alkyl halides is 3. The second kappa shape index (κ2) is 8.76. The average molecular weight is 453 g/mol. The van der Waals surface area contributed by atoms with Crippen molar-refractivity contribution in [3.8, 4) is 0 Å². The number of hydrogen-bond acceptors (Lipinski definition) is 6. The molecule has 2 amide bonds. The van der Waals surface area contributed by atoms with Crippen LogP contribution in [0.1, 0.15) is 39.2 Å². The summed E-state index contributed by atoms with van der Waals surface area (Å²) < 4.78 is 55.9. The first kappa shape index (κ1) is 22.3. The van der Waals surface area contributed by atoms with Crippen molar-refractivity contribution in [2.75, 3.05) is 10.6 Å². The van der Waals surface area contributed by atoms with E-state index in [2.05, 4.69) is 25.0 Å². The fourth-order valence-corrected chi connectivity index (χ4v) is 3.55. The van der Waals surface area contributed by atoms with Crippen LogP contribution in [0.5, 0.6) is 0 Å². The summed E-state index contributed by atoms with van der Waals surface area (Å²) in [4.78, 5) is 31.6. The molecule has 12 heteroatoms. The van der Waals surface area contributed by atoms with Crippen LogP contribution in [-0.4, -0.2) is 26.2 Å². The molecule has 31 heavy (non-hydrogen) atoms. The monoisotopic (exact) mass is 453 g/mol. The number of carbonyl (C=O) groups excluding carboxylic acids is 2. The molecule has 1 aromatic carbocycles. The lowest BCUT2D eigenvalue weighted by Crippen LogP contribution is -2.15. The van der Waals surface area contributed by atoms with Crippen molar-refractivity contribution < 1.29 is 27.2 Å². The summed E-state index contributed by atoms with van der Waals surface area (Å²) in [5, 5.41) is 4.93. The molecule has 0 bridgehead atoms. The predicted molar refractivity (Wildman–Crippen MR) is 105 cm³/mol. The molecule has 0 radical (unpaired) electrons. The van der Waals surface area contributed by atoms with Gasteiger partial charge in [-0.15, -0.1) is 0 Å². The summed E-state index contributed by atoms with van der Waals surface area (Å²) in [5.74, 6) is -1.68. The normalized spacial score (nSPS) is 11.3. The number of aromatic nitrogens is 3. The molecular formula is C19H15F4N5O2S. The molecule has 0 aliphatic rings. The van der Waals surface area contributed by atoms with Crippen LogP contribution in [0.3, 0.4) is 0 Å². The summed E-state index contributed by atoms with van der Waals surface area (Å²) in [5.41, 5.74) is -0.0770. The van der Waals surface area contributed by atoms with Gasteiger partial charge in [-0.2, -0.15) is 17.5 Å². The molecule has 0 atom stereocenters. The summed E-state index contributed by atoms with van der Waals surface area (Å²) in [6, 6.07) is 3.69. The lowest BCUT2D eigenvalue weighted by molar-refractivity contribution is -0.141. The van der Waals surface area contributed by atoms with Crippen LogP contribution < -0.4 is 10.6 Å². The zero-order chi connectivity index (χ0) is 22.8. The summed E-state index contributed by atoms with van der Waals surface area (Å²) in [7, 11) is 0. The molecule has 0 saturated heterocycles. The molecular weight excluding hydrogens is 438 g/mol. The largest absolute Gasteiger partial charge is 0.434 e. The summed E-state index contributed by atoms with van der Waals surface area (Å²) >= 11 is 1.02. The molecule has 0 aliphatic heterocycles. The number of carbonyl (C=O) groups is 2. The van der Waals surface area contributed by atoms with Gasteiger partial charge in [0.2, 0.25) is 5.91 Å². The third-order valence-corrected chi connectivity index (χ3v) is 4.97. The SMILES string of the molecule is CC(=O)Nc1cc(NC(=O)c2c(C)nsc2Cc2cnc(C(F)(F)F)cn2)ccc1F. The van der Waals surface area contributed by atoms with Crippen LogP contribution in [0, 0.1) is 12.7 Å². The van der Waals surface area contributed by atoms with E-state index in [1.54, 1.807) is 6.92 Å². The molecule has 3 rings (SSSR count). The number of rotatable bonds is 5. The number of benzene rings is 1. The van der Waals surface area contributed by atoms with Crippen molar-refractivity contribution in [1.29, 1.82) is 0 Å². The van der Waals surface area contributed by atoms with Crippen LogP contribution in [0.4, 0.5) is 28.9 Å². The highest BCUT2D eigenvalue weighted by Crippen LogP contribution is 2.28. The predicted octanol–water partition coefficient (Wildman–Crippen LogP) is 4.20. The molecule has 0 aliphatic carbocycles. The summed E-state index contributed by atoms with van der Waals surface area (Å²) in [6.07, 6.45) is -2.91. The van der Waals surface area contributed by atoms with E-state index in [1.165, 1.54) is 19.1 Å². The van der Waals surface area contributed by atoms with Gasteiger partial charge in [-0.05, 0) is 36.7 Å². The Morgan fingerprint density at radius 3 is 2.48 bits per heavy atom. The van der Waals surface area contributed by atoms with Crippen LogP contribution in [0.2, 0.25) is 0 Å². The van der Waals surface area contributed by atoms with Gasteiger partial charge >= 0.3 is 6.18 Å². The Labute approximate surface area is 177 Å². The van der Waals surface area contributed by atoms with E-state index in [0.717, 1.165) is 23.8 Å². The molecule has 162 valence electrons. The van der Waals surface area contributed by atoms with E-state index in [4.69, 9.17) is 0 Å². The fraction of sp³-hybridized carbons (Fsp3) is 0.211. The minimum atomic E-state index is -4.59. The van der Waals surface area contributed by atoms with Gasteiger partial charge in [0.25, 0.3) is 5.91 Å². The third kappa shape index (κ3) is 5.40. The van der Waals surface area contributed by atoms with Gasteiger partial charge in [0, 0.05) is 30.1 Å². The molecule has 0 fully saturated rings. The number of hydrogen-bond donors (Lipinski definition) is 2. The Kier molecular flexibility index (Phi) is 6.29. The van der Waals surface area contributed by atoms with Crippen molar-refractivity contribution in [3.63, 3.8) is 0 Å². The fourth-order valence-electron chi connectivity index (χ4n) is 2.67. The standard InChI is InChI=1S/C19H15F4N5O2S/c1-9-17(18(30)27-11-3-4-13(20)14(5-11)26-10(2)29)15(31-28-9)6-12-7-25-16(8-24-12)19(21,22)23/h3-5,7-8H,6H2,1-2H3,(H,26,29)(H,27,30). The third-order valence-electron chi connectivity index (χ3n) is 4.03. The number of anilines is 2. The highest BCUT2D eigenvalue weighted by atomic mass is 32.1. The maximum Gasteiger partial charge on any atom is 0.434 e. The minimum Gasteiger partial charge on any atom is -0.324 e. The second-order valence-corrected chi connectivity index (χ2v) is 7.32. The molecule has 3 aromatic rings. The lowest BCUT2D eigenvalue weighted by atomic mass is 10.1. The number of halogens is 4. The highest BCUT2D eigenvalue weighted by molar-refractivity contribution is 7.06. The Hall–Kier alpha value is -3.41. The molecule has 7 nitrogen and oxygen atoms in total. The molecule has 0 saturated carbocycles. The van der Waals surface area contributed by atoms with Gasteiger partial charge < -0.3 is 10.6 Å². The van der Waals surface area contributed by atoms with Gasteiger partial charge in [0.05, 0.1) is 28.8 Å². The maximum absolute atomic E-state index is 13.8. The number of nitrogens with zero attached hydrogens (tertiary/aromatic N) is 3. The van der Waals surface area contributed by atoms with E-state index in [1.807, 2.05) is 0 Å². The topological polar surface area (TPSA) is 96.9 Å². The van der Waals surface area contributed by atoms with Crippen LogP contribution >= 0.6 is 11.5 Å². The van der Waals surface area contributed by atoms with Gasteiger partial charge in [0.15, 0.2) is 5.69 Å². The average Bonchev–Trinajstić information content (AvgIpc) is 3.04. The van der Waals surface area contributed by atoms with Gasteiger partial charge in [0.1, 0.15) is 5.82 Å². The highest BCUT2D eigenvalue weighted by Gasteiger charge is 2.32. The Balaban J connectivity index is 1.81. The lowest BCUT2D eigenvalue weighted by Gasteiger charge is -2.10. The first-order chi connectivity index (χ1) is 14.5. The smallest absolute Gasteiger partial charge is 0.324 e. The number of aryl methyl sites for hydroxylation is 1. The second-order valence-electron chi connectivity index (χ2n) is 6.46. The van der Waals surface area contributed by atoms with Crippen molar-refractivity contribution in [3.05, 3.63) is 63.9 Å². The van der Waals surface area contributed by atoms with Gasteiger partial charge in [-0.1, -0.05) is 0 Å². The van der Waals surface area contributed by atoms with Crippen LogP contribution in [-0.2, 0) is 17.4 Å². The number of nitrogens with one attached hydrogen (secondary N) is 2. The van der Waals surface area contributed by atoms with E-state index < -0.39 is 29.5 Å². The van der Waals surface area contributed by atoms with Crippen LogP contribution in [0.25, 0.3) is 0 Å². The van der Waals surface area contributed by atoms with Gasteiger partial charge in [-0.3, -0.25) is 14.6 Å². The van der Waals surface area contributed by atoms with Gasteiger partial charge in [-0.25, -0.2) is 9.37 Å². The van der Waals surface area contributed by atoms with E-state index in [-0.39, 0.29) is 29.1 Å². The number of amides is 2. The molecule has 2 aromatic heterocycles. The van der Waals surface area contributed by atoms with E-state index >= 15 is 0 Å². The molecule has 2 N–H and O–H groups in total.